The number of benzene rings is 1. The quantitative estimate of drug-likeness (QED) is 0.465. The first-order valence-corrected chi connectivity index (χ1v) is 12.0. The molecule has 0 spiro atoms. The molecule has 1 aliphatic carbocycles. The lowest BCUT2D eigenvalue weighted by molar-refractivity contribution is -0.0611. The summed E-state index contributed by atoms with van der Waals surface area (Å²) in [6.07, 6.45) is 4.97. The molecule has 6 rings (SSSR count). The predicted octanol–water partition coefficient (Wildman–Crippen LogP) is 4.25. The van der Waals surface area contributed by atoms with Gasteiger partial charge in [-0.25, -0.2) is 9.37 Å². The SMILES string of the molecule is Cc1cc(CC2CC[C@H](F)C2)c2n[nH]c(-c3cccc(C4(Cc5nncn5C)COC4)c3)c2n1. The van der Waals surface area contributed by atoms with Gasteiger partial charge >= 0.3 is 0 Å². The van der Waals surface area contributed by atoms with Gasteiger partial charge in [0.05, 0.1) is 18.9 Å². The summed E-state index contributed by atoms with van der Waals surface area (Å²) in [6.45, 7) is 3.33. The Bertz CT molecular complexity index is 1340. The maximum absolute atomic E-state index is 13.8. The van der Waals surface area contributed by atoms with Crippen LogP contribution >= 0.6 is 0 Å². The van der Waals surface area contributed by atoms with E-state index in [9.17, 15) is 4.39 Å². The molecule has 3 aromatic heterocycles. The average molecular weight is 461 g/mol. The average Bonchev–Trinajstić information content (AvgIpc) is 3.51. The summed E-state index contributed by atoms with van der Waals surface area (Å²) in [5.74, 6) is 1.33. The number of aromatic amines is 1. The van der Waals surface area contributed by atoms with Crippen LogP contribution in [0.15, 0.2) is 36.7 Å². The Balaban J connectivity index is 1.36. The second-order valence-corrected chi connectivity index (χ2v) is 10.1. The van der Waals surface area contributed by atoms with Gasteiger partial charge in [0.1, 0.15) is 29.4 Å². The standard InChI is InChI=1S/C26H29FN6O/c1-16-8-19(9-17-6-7-21(27)10-17)24-25(29-16)23(31-32-24)18-4-3-5-20(11-18)26(13-34-14-26)12-22-30-28-15-33(22)2/h3-5,8,11,15,17,21H,6-7,9-10,12-14H2,1-2H3,(H,31,32)/t17?,21-/m0/s1. The topological polar surface area (TPSA) is 81.5 Å². The first kappa shape index (κ1) is 21.4. The molecule has 0 radical (unpaired) electrons. The number of nitrogens with one attached hydrogen (secondary N) is 1. The fourth-order valence-electron chi connectivity index (χ4n) is 5.56. The van der Waals surface area contributed by atoms with Gasteiger partial charge < -0.3 is 9.30 Å². The van der Waals surface area contributed by atoms with E-state index in [2.05, 4.69) is 50.7 Å². The highest BCUT2D eigenvalue weighted by atomic mass is 19.1. The Kier molecular flexibility index (Phi) is 5.21. The first-order chi connectivity index (χ1) is 16.5. The molecule has 1 N–H and O–H groups in total. The molecule has 2 atom stereocenters. The molecular formula is C26H29FN6O. The highest BCUT2D eigenvalue weighted by Crippen LogP contribution is 2.38. The lowest BCUT2D eigenvalue weighted by Crippen LogP contribution is -2.49. The van der Waals surface area contributed by atoms with E-state index in [1.807, 2.05) is 18.5 Å². The fraction of sp³-hybridized carbons (Fsp3) is 0.462. The smallest absolute Gasteiger partial charge is 0.133 e. The van der Waals surface area contributed by atoms with E-state index in [0.29, 0.717) is 32.0 Å². The van der Waals surface area contributed by atoms with Gasteiger partial charge in [0.2, 0.25) is 0 Å². The number of alkyl halides is 1. The van der Waals surface area contributed by atoms with Gasteiger partial charge in [-0.1, -0.05) is 18.2 Å². The van der Waals surface area contributed by atoms with Crippen LogP contribution < -0.4 is 0 Å². The molecule has 0 bridgehead atoms. The summed E-state index contributed by atoms with van der Waals surface area (Å²) < 4.78 is 21.4. The molecule has 0 amide bonds. The van der Waals surface area contributed by atoms with E-state index in [0.717, 1.165) is 58.6 Å². The Morgan fingerprint density at radius 1 is 1.21 bits per heavy atom. The van der Waals surface area contributed by atoms with Gasteiger partial charge in [-0.2, -0.15) is 5.10 Å². The van der Waals surface area contributed by atoms with Crippen molar-refractivity contribution in [2.45, 2.75) is 50.6 Å². The van der Waals surface area contributed by atoms with Gasteiger partial charge in [-0.3, -0.25) is 5.10 Å². The van der Waals surface area contributed by atoms with Crippen molar-refractivity contribution >= 4 is 11.0 Å². The number of pyridine rings is 1. The van der Waals surface area contributed by atoms with Gasteiger partial charge in [0, 0.05) is 30.1 Å². The summed E-state index contributed by atoms with van der Waals surface area (Å²) >= 11 is 0. The Morgan fingerprint density at radius 2 is 2.09 bits per heavy atom. The number of fused-ring (bicyclic) bond motifs is 1. The second-order valence-electron chi connectivity index (χ2n) is 10.1. The van der Waals surface area contributed by atoms with Crippen LogP contribution in [-0.4, -0.2) is 49.3 Å². The van der Waals surface area contributed by atoms with Crippen LogP contribution in [0.4, 0.5) is 4.39 Å². The third kappa shape index (κ3) is 3.70. The normalized spacial score (nSPS) is 21.7. The summed E-state index contributed by atoms with van der Waals surface area (Å²) in [5, 5.41) is 16.3. The molecule has 176 valence electrons. The van der Waals surface area contributed by atoms with Gasteiger partial charge in [0.25, 0.3) is 0 Å². The maximum atomic E-state index is 13.8. The Labute approximate surface area is 197 Å². The number of hydrogen-bond acceptors (Lipinski definition) is 5. The minimum Gasteiger partial charge on any atom is -0.379 e. The van der Waals surface area contributed by atoms with E-state index >= 15 is 0 Å². The zero-order valence-corrected chi connectivity index (χ0v) is 19.6. The van der Waals surface area contributed by atoms with Crippen molar-refractivity contribution < 1.29 is 9.13 Å². The Hall–Kier alpha value is -3.13. The van der Waals surface area contributed by atoms with Crippen molar-refractivity contribution in [1.29, 1.82) is 0 Å². The molecular weight excluding hydrogens is 431 g/mol. The number of aromatic nitrogens is 6. The summed E-state index contributed by atoms with van der Waals surface area (Å²) in [5.41, 5.74) is 6.97. The van der Waals surface area contributed by atoms with Crippen molar-refractivity contribution in [1.82, 2.24) is 29.9 Å². The van der Waals surface area contributed by atoms with Crippen LogP contribution in [0, 0.1) is 12.8 Å². The number of hydrogen-bond donors (Lipinski definition) is 1. The third-order valence-corrected chi connectivity index (χ3v) is 7.52. The van der Waals surface area contributed by atoms with Crippen molar-refractivity contribution in [2.24, 2.45) is 13.0 Å². The lowest BCUT2D eigenvalue weighted by Gasteiger charge is -2.41. The van der Waals surface area contributed by atoms with Crippen molar-refractivity contribution in [2.75, 3.05) is 13.2 Å². The van der Waals surface area contributed by atoms with E-state index in [4.69, 9.17) is 9.72 Å². The molecule has 1 aliphatic heterocycles. The predicted molar refractivity (Wildman–Crippen MR) is 127 cm³/mol. The summed E-state index contributed by atoms with van der Waals surface area (Å²) in [4.78, 5) is 4.85. The van der Waals surface area contributed by atoms with Gasteiger partial charge in [-0.05, 0) is 61.8 Å². The number of halogens is 1. The highest BCUT2D eigenvalue weighted by Gasteiger charge is 2.42. The zero-order chi connectivity index (χ0) is 23.3. The van der Waals surface area contributed by atoms with E-state index in [-0.39, 0.29) is 5.41 Å². The monoisotopic (exact) mass is 460 g/mol. The number of H-pyrrole nitrogens is 1. The van der Waals surface area contributed by atoms with E-state index < -0.39 is 6.17 Å². The fourth-order valence-corrected chi connectivity index (χ4v) is 5.56. The number of rotatable bonds is 6. The van der Waals surface area contributed by atoms with Crippen LogP contribution in [0.2, 0.25) is 0 Å². The molecule has 1 unspecified atom stereocenters. The molecule has 2 fully saturated rings. The molecule has 1 aromatic carbocycles. The molecule has 8 heteroatoms. The van der Waals surface area contributed by atoms with Gasteiger partial charge in [0.15, 0.2) is 0 Å². The van der Waals surface area contributed by atoms with Gasteiger partial charge in [-0.15, -0.1) is 10.2 Å². The largest absolute Gasteiger partial charge is 0.379 e. The van der Waals surface area contributed by atoms with Crippen LogP contribution in [0.1, 0.15) is 41.9 Å². The lowest BCUT2D eigenvalue weighted by atomic mass is 9.75. The number of aryl methyl sites for hydroxylation is 2. The number of nitrogens with zero attached hydrogens (tertiary/aromatic N) is 5. The molecule has 2 aliphatic rings. The van der Waals surface area contributed by atoms with Crippen LogP contribution in [0.5, 0.6) is 0 Å². The highest BCUT2D eigenvalue weighted by molar-refractivity contribution is 5.91. The summed E-state index contributed by atoms with van der Waals surface area (Å²) in [6, 6.07) is 10.7. The minimum absolute atomic E-state index is 0.119. The Morgan fingerprint density at radius 3 is 2.79 bits per heavy atom. The molecule has 1 saturated heterocycles. The molecule has 7 nitrogen and oxygen atoms in total. The van der Waals surface area contributed by atoms with E-state index in [1.54, 1.807) is 6.33 Å². The summed E-state index contributed by atoms with van der Waals surface area (Å²) in [7, 11) is 1.97. The molecule has 34 heavy (non-hydrogen) atoms. The van der Waals surface area contributed by atoms with Crippen molar-refractivity contribution in [3.8, 4) is 11.3 Å². The zero-order valence-electron chi connectivity index (χ0n) is 19.6. The third-order valence-electron chi connectivity index (χ3n) is 7.52. The van der Waals surface area contributed by atoms with Crippen LogP contribution in [0.3, 0.4) is 0 Å². The molecule has 4 heterocycles. The van der Waals surface area contributed by atoms with Crippen LogP contribution in [0.25, 0.3) is 22.3 Å². The van der Waals surface area contributed by atoms with Crippen molar-refractivity contribution in [3.63, 3.8) is 0 Å². The molecule has 1 saturated carbocycles. The van der Waals surface area contributed by atoms with E-state index in [1.165, 1.54) is 5.56 Å². The maximum Gasteiger partial charge on any atom is 0.133 e. The van der Waals surface area contributed by atoms with Crippen LogP contribution in [-0.2, 0) is 30.0 Å². The van der Waals surface area contributed by atoms with Crippen molar-refractivity contribution in [3.05, 3.63) is 59.3 Å². The molecule has 4 aromatic rings. The first-order valence-electron chi connectivity index (χ1n) is 12.0. The number of ether oxygens (including phenoxy) is 1. The second kappa shape index (κ2) is 8.27. The minimum atomic E-state index is -0.662.